The summed E-state index contributed by atoms with van der Waals surface area (Å²) in [6.45, 7) is 7.37. The minimum absolute atomic E-state index is 0.434. The number of hydrogen-bond donors (Lipinski definition) is 1. The number of nitrogens with one attached hydrogen (secondary N) is 1. The Kier molecular flexibility index (Phi) is 7.28. The quantitative estimate of drug-likeness (QED) is 0.756. The molecule has 154 valence electrons. The van der Waals surface area contributed by atoms with Crippen LogP contribution in [0.15, 0.2) is 54.6 Å². The molecule has 0 atom stereocenters. The van der Waals surface area contributed by atoms with Crippen molar-refractivity contribution in [1.29, 1.82) is 0 Å². The molecule has 0 spiro atoms. The number of nitrogens with zero attached hydrogens (tertiary/aromatic N) is 2. The zero-order chi connectivity index (χ0) is 20.6. The molecule has 2 amide bonds. The van der Waals surface area contributed by atoms with Gasteiger partial charge in [-0.15, -0.1) is 0 Å². The topological polar surface area (TPSA) is 52.7 Å². The van der Waals surface area contributed by atoms with Crippen molar-refractivity contribution in [2.24, 2.45) is 5.92 Å². The first-order valence-electron chi connectivity index (χ1n) is 10.6. The predicted molar refractivity (Wildman–Crippen MR) is 118 cm³/mol. The molecule has 2 aromatic rings. The Bertz CT molecular complexity index is 793. The van der Waals surface area contributed by atoms with Crippen LogP contribution in [0.3, 0.4) is 0 Å². The molecule has 1 N–H and O–H groups in total. The SMILES string of the molecule is CCN(CC)c1ccc(NC(=O)C(=O)N2CCC(Cc3ccccc3)CC2)cc1. The van der Waals surface area contributed by atoms with E-state index in [0.29, 0.717) is 24.7 Å². The molecule has 0 aromatic heterocycles. The van der Waals surface area contributed by atoms with E-state index in [-0.39, 0.29) is 0 Å². The molecule has 0 unspecified atom stereocenters. The van der Waals surface area contributed by atoms with E-state index < -0.39 is 11.8 Å². The van der Waals surface area contributed by atoms with Crippen LogP contribution >= 0.6 is 0 Å². The van der Waals surface area contributed by atoms with Gasteiger partial charge in [-0.1, -0.05) is 30.3 Å². The Morgan fingerprint density at radius 1 is 0.966 bits per heavy atom. The van der Waals surface area contributed by atoms with Gasteiger partial charge in [0.2, 0.25) is 0 Å². The predicted octanol–water partition coefficient (Wildman–Crippen LogP) is 3.95. The van der Waals surface area contributed by atoms with Gasteiger partial charge in [0.15, 0.2) is 0 Å². The second kappa shape index (κ2) is 10.1. The Balaban J connectivity index is 1.49. The van der Waals surface area contributed by atoms with E-state index >= 15 is 0 Å². The summed E-state index contributed by atoms with van der Waals surface area (Å²) < 4.78 is 0. The van der Waals surface area contributed by atoms with E-state index in [1.807, 2.05) is 30.3 Å². The van der Waals surface area contributed by atoms with Gasteiger partial charge in [0.05, 0.1) is 0 Å². The highest BCUT2D eigenvalue weighted by atomic mass is 16.2. The van der Waals surface area contributed by atoms with Crippen molar-refractivity contribution in [1.82, 2.24) is 4.90 Å². The van der Waals surface area contributed by atoms with Crippen molar-refractivity contribution in [3.8, 4) is 0 Å². The minimum Gasteiger partial charge on any atom is -0.372 e. The summed E-state index contributed by atoms with van der Waals surface area (Å²) in [7, 11) is 0. The van der Waals surface area contributed by atoms with E-state index in [1.165, 1.54) is 5.56 Å². The summed E-state index contributed by atoms with van der Waals surface area (Å²) in [6.07, 6.45) is 2.91. The van der Waals surface area contributed by atoms with Gasteiger partial charge in [-0.25, -0.2) is 0 Å². The van der Waals surface area contributed by atoms with E-state index in [4.69, 9.17) is 0 Å². The van der Waals surface area contributed by atoms with Gasteiger partial charge in [-0.3, -0.25) is 9.59 Å². The lowest BCUT2D eigenvalue weighted by Crippen LogP contribution is -2.44. The molecular formula is C24H31N3O2. The van der Waals surface area contributed by atoms with Crippen molar-refractivity contribution in [2.75, 3.05) is 36.4 Å². The van der Waals surface area contributed by atoms with E-state index in [9.17, 15) is 9.59 Å². The third-order valence-corrected chi connectivity index (χ3v) is 5.72. The largest absolute Gasteiger partial charge is 0.372 e. The number of carbonyl (C=O) groups excluding carboxylic acids is 2. The molecule has 0 aliphatic carbocycles. The first-order valence-corrected chi connectivity index (χ1v) is 10.6. The first-order chi connectivity index (χ1) is 14.1. The molecule has 1 fully saturated rings. The van der Waals surface area contributed by atoms with Crippen LogP contribution in [0.4, 0.5) is 11.4 Å². The standard InChI is InChI=1S/C24H31N3O2/c1-3-26(4-2)22-12-10-21(11-13-22)25-23(28)24(29)27-16-14-20(15-17-27)18-19-8-6-5-7-9-19/h5-13,20H,3-4,14-18H2,1-2H3,(H,25,28). The molecule has 0 radical (unpaired) electrons. The molecule has 5 heteroatoms. The highest BCUT2D eigenvalue weighted by Gasteiger charge is 2.27. The van der Waals surface area contributed by atoms with Crippen molar-refractivity contribution < 1.29 is 9.59 Å². The number of amides is 2. The maximum atomic E-state index is 12.5. The molecule has 1 aliphatic heterocycles. The number of benzene rings is 2. The second-order valence-corrected chi connectivity index (χ2v) is 7.60. The molecular weight excluding hydrogens is 362 g/mol. The summed E-state index contributed by atoms with van der Waals surface area (Å²) in [4.78, 5) is 28.9. The van der Waals surface area contributed by atoms with Crippen LogP contribution in [-0.2, 0) is 16.0 Å². The average molecular weight is 394 g/mol. The number of piperidine rings is 1. The maximum Gasteiger partial charge on any atom is 0.313 e. The lowest BCUT2D eigenvalue weighted by Gasteiger charge is -2.31. The van der Waals surface area contributed by atoms with Gasteiger partial charge in [0, 0.05) is 37.6 Å². The van der Waals surface area contributed by atoms with Crippen LogP contribution in [-0.4, -0.2) is 42.9 Å². The number of likely N-dealkylation sites (tertiary alicyclic amines) is 1. The van der Waals surface area contributed by atoms with Crippen LogP contribution in [0, 0.1) is 5.92 Å². The molecule has 1 heterocycles. The molecule has 1 aliphatic rings. The van der Waals surface area contributed by atoms with Crippen molar-refractivity contribution in [3.63, 3.8) is 0 Å². The average Bonchev–Trinajstić information content (AvgIpc) is 2.76. The van der Waals surface area contributed by atoms with E-state index in [0.717, 1.165) is 38.0 Å². The van der Waals surface area contributed by atoms with Crippen molar-refractivity contribution in [3.05, 3.63) is 60.2 Å². The van der Waals surface area contributed by atoms with Crippen molar-refractivity contribution in [2.45, 2.75) is 33.1 Å². The Hall–Kier alpha value is -2.82. The fourth-order valence-corrected chi connectivity index (χ4v) is 3.96. The number of anilines is 2. The summed E-state index contributed by atoms with van der Waals surface area (Å²) in [5, 5.41) is 2.74. The maximum absolute atomic E-state index is 12.5. The highest BCUT2D eigenvalue weighted by molar-refractivity contribution is 6.39. The smallest absolute Gasteiger partial charge is 0.313 e. The van der Waals surface area contributed by atoms with Crippen molar-refractivity contribution >= 4 is 23.2 Å². The fraction of sp³-hybridized carbons (Fsp3) is 0.417. The fourth-order valence-electron chi connectivity index (χ4n) is 3.96. The zero-order valence-electron chi connectivity index (χ0n) is 17.4. The molecule has 0 bridgehead atoms. The number of carbonyl (C=O) groups is 2. The molecule has 29 heavy (non-hydrogen) atoms. The molecule has 0 saturated carbocycles. The summed E-state index contributed by atoms with van der Waals surface area (Å²) in [5.41, 5.74) is 3.10. The molecule has 5 nitrogen and oxygen atoms in total. The number of rotatable bonds is 6. The minimum atomic E-state index is -0.554. The van der Waals surface area contributed by atoms with Gasteiger partial charge in [-0.2, -0.15) is 0 Å². The summed E-state index contributed by atoms with van der Waals surface area (Å²) >= 11 is 0. The zero-order valence-corrected chi connectivity index (χ0v) is 17.4. The Labute approximate surface area is 173 Å². The van der Waals surface area contributed by atoms with Gasteiger partial charge in [-0.05, 0) is 68.9 Å². The van der Waals surface area contributed by atoms with Crippen LogP contribution in [0.1, 0.15) is 32.3 Å². The monoisotopic (exact) mass is 393 g/mol. The molecule has 2 aromatic carbocycles. The third-order valence-electron chi connectivity index (χ3n) is 5.72. The Morgan fingerprint density at radius 3 is 2.17 bits per heavy atom. The van der Waals surface area contributed by atoms with Gasteiger partial charge < -0.3 is 15.1 Å². The highest BCUT2D eigenvalue weighted by Crippen LogP contribution is 2.22. The molecule has 1 saturated heterocycles. The van der Waals surface area contributed by atoms with Crippen LogP contribution in [0.25, 0.3) is 0 Å². The van der Waals surface area contributed by atoms with E-state index in [2.05, 4.69) is 48.3 Å². The summed E-state index contributed by atoms with van der Waals surface area (Å²) in [6, 6.07) is 18.1. The third kappa shape index (κ3) is 5.59. The lowest BCUT2D eigenvalue weighted by molar-refractivity contribution is -0.144. The van der Waals surface area contributed by atoms with E-state index in [1.54, 1.807) is 4.90 Å². The van der Waals surface area contributed by atoms with Crippen LogP contribution in [0.5, 0.6) is 0 Å². The number of hydrogen-bond acceptors (Lipinski definition) is 3. The first kappa shape index (κ1) is 20.9. The van der Waals surface area contributed by atoms with Gasteiger partial charge >= 0.3 is 11.8 Å². The Morgan fingerprint density at radius 2 is 1.59 bits per heavy atom. The van der Waals surface area contributed by atoms with Gasteiger partial charge in [0.1, 0.15) is 0 Å². The molecule has 3 rings (SSSR count). The summed E-state index contributed by atoms with van der Waals surface area (Å²) in [5.74, 6) is -0.421. The van der Waals surface area contributed by atoms with Crippen LogP contribution < -0.4 is 10.2 Å². The normalized spacial score (nSPS) is 14.5. The second-order valence-electron chi connectivity index (χ2n) is 7.60. The van der Waals surface area contributed by atoms with Gasteiger partial charge in [0.25, 0.3) is 0 Å². The lowest BCUT2D eigenvalue weighted by atomic mass is 9.90. The van der Waals surface area contributed by atoms with Crippen LogP contribution in [0.2, 0.25) is 0 Å².